The number of rotatable bonds is 3. The predicted octanol–water partition coefficient (Wildman–Crippen LogP) is 3.00. The van der Waals surface area contributed by atoms with Crippen molar-refractivity contribution in [2.45, 2.75) is 19.1 Å². The van der Waals surface area contributed by atoms with Crippen LogP contribution < -0.4 is 9.47 Å². The number of likely N-dealkylation sites (tertiary alicyclic amines) is 1. The zero-order valence-corrected chi connectivity index (χ0v) is 10.9. The van der Waals surface area contributed by atoms with Crippen LogP contribution in [0.3, 0.4) is 0 Å². The minimum absolute atomic E-state index is 0.107. The van der Waals surface area contributed by atoms with E-state index in [4.69, 9.17) is 23.2 Å². The normalized spacial score (nSPS) is 36.9. The monoisotopic (exact) mass is 295 g/mol. The molecule has 0 N–H and O–H groups in total. The molecule has 0 aliphatic carbocycles. The molecule has 0 aromatic heterocycles. The van der Waals surface area contributed by atoms with Gasteiger partial charge in [0.15, 0.2) is 11.5 Å². The summed E-state index contributed by atoms with van der Waals surface area (Å²) < 4.78 is 89.1. The van der Waals surface area contributed by atoms with E-state index in [0.29, 0.717) is 17.1 Å². The summed E-state index contributed by atoms with van der Waals surface area (Å²) in [5, 5.41) is 0. The Balaban J connectivity index is 1.87. The Morgan fingerprint density at radius 1 is 1.14 bits per heavy atom. The van der Waals surface area contributed by atoms with Crippen LogP contribution in [0.15, 0.2) is 36.4 Å². The van der Waals surface area contributed by atoms with E-state index in [1.54, 1.807) is 24.3 Å². The molecule has 2 aliphatic rings. The van der Waals surface area contributed by atoms with Crippen LogP contribution in [-0.2, 0) is 4.79 Å². The Labute approximate surface area is 138 Å². The van der Waals surface area contributed by atoms with Gasteiger partial charge in [-0.25, -0.2) is 0 Å². The second kappa shape index (κ2) is 6.48. The highest BCUT2D eigenvalue weighted by molar-refractivity contribution is 5.88. The molecule has 1 saturated heterocycles. The van der Waals surface area contributed by atoms with Gasteiger partial charge in [0.1, 0.15) is 0 Å². The van der Waals surface area contributed by atoms with Gasteiger partial charge in [-0.1, -0.05) is 24.3 Å². The zero-order chi connectivity index (χ0) is 23.5. The van der Waals surface area contributed by atoms with Gasteiger partial charge in [-0.3, -0.25) is 4.79 Å². The predicted molar refractivity (Wildman–Crippen MR) is 81.2 cm³/mol. The molecule has 4 nitrogen and oxygen atoms in total. The molecule has 0 atom stereocenters. The summed E-state index contributed by atoms with van der Waals surface area (Å²) in [7, 11) is 0. The van der Waals surface area contributed by atoms with E-state index in [1.807, 2.05) is 0 Å². The maximum Gasteiger partial charge on any atom is 0.246 e. The average Bonchev–Trinajstić information content (AvgIpc) is 3.11. The largest absolute Gasteiger partial charge is 0.454 e. The molecule has 21 heavy (non-hydrogen) atoms. The molecule has 3 rings (SSSR count). The second-order valence-corrected chi connectivity index (χ2v) is 4.10. The molecule has 1 amide bonds. The van der Waals surface area contributed by atoms with Crippen molar-refractivity contribution < 1.29 is 28.0 Å². The van der Waals surface area contributed by atoms with Gasteiger partial charge >= 0.3 is 0 Å². The fraction of sp³-hybridized carbons (Fsp3) is 0.353. The van der Waals surface area contributed by atoms with Crippen molar-refractivity contribution in [1.82, 2.24) is 4.90 Å². The molecule has 1 aromatic carbocycles. The summed E-state index contributed by atoms with van der Waals surface area (Å²) >= 11 is 0. The summed E-state index contributed by atoms with van der Waals surface area (Å²) in [6.07, 6.45) is -5.76. The molecule has 2 heterocycles. The minimum atomic E-state index is -3.56. The van der Waals surface area contributed by atoms with Gasteiger partial charge < -0.3 is 14.4 Å². The lowest BCUT2D eigenvalue weighted by atomic mass is 10.1. The highest BCUT2D eigenvalue weighted by atomic mass is 16.7. The molecule has 2 aliphatic heterocycles. The number of hydrogen-bond acceptors (Lipinski definition) is 3. The molecule has 1 fully saturated rings. The van der Waals surface area contributed by atoms with E-state index in [2.05, 4.69) is 0 Å². The average molecular weight is 295 g/mol. The molecular weight excluding hydrogens is 266 g/mol. The van der Waals surface area contributed by atoms with E-state index in [0.717, 1.165) is 12.2 Å². The van der Waals surface area contributed by atoms with Crippen molar-refractivity contribution in [3.63, 3.8) is 0 Å². The molecule has 0 saturated carbocycles. The lowest BCUT2D eigenvalue weighted by Crippen LogP contribution is -2.34. The fourth-order valence-electron chi connectivity index (χ4n) is 1.73. The molecule has 0 unspecified atom stereocenters. The number of fused-ring (bicyclic) bond motifs is 1. The van der Waals surface area contributed by atoms with Crippen LogP contribution in [0.25, 0.3) is 6.08 Å². The Morgan fingerprint density at radius 3 is 2.81 bits per heavy atom. The van der Waals surface area contributed by atoms with Crippen LogP contribution in [0.1, 0.15) is 38.4 Å². The number of ether oxygens (including phenoxy) is 2. The zero-order valence-electron chi connectivity index (χ0n) is 20.9. The number of carbonyl (C=O) groups excluding carboxylic acids is 1. The van der Waals surface area contributed by atoms with Gasteiger partial charge in [0.25, 0.3) is 0 Å². The van der Waals surface area contributed by atoms with Crippen molar-refractivity contribution in [1.29, 1.82) is 0 Å². The number of nitrogens with zero attached hydrogens (tertiary/aromatic N) is 1. The smallest absolute Gasteiger partial charge is 0.246 e. The first-order valence-corrected chi connectivity index (χ1v) is 6.18. The van der Waals surface area contributed by atoms with Crippen LogP contribution in [0, 0.1) is 0 Å². The van der Waals surface area contributed by atoms with Crippen molar-refractivity contribution in [2.75, 3.05) is 19.8 Å². The standard InChI is InChI=1S/C17H19NO3/c19-17(18-10-4-1-5-11-18)7-3-2-6-14-8-9-15-16(12-14)21-13-20-15/h2-3,6-9,12H,1,4-5,10-11,13H2/b6-2+,7-3+/i1D2,4D2,5D2,10D2,11D2. The van der Waals surface area contributed by atoms with Gasteiger partial charge in [0, 0.05) is 32.8 Å². The summed E-state index contributed by atoms with van der Waals surface area (Å²) in [5.41, 5.74) is 0.686. The van der Waals surface area contributed by atoms with Crippen molar-refractivity contribution in [2.24, 2.45) is 0 Å². The summed E-state index contributed by atoms with van der Waals surface area (Å²) in [6, 6.07) is 5.08. The number of allylic oxidation sites excluding steroid dienone is 2. The Hall–Kier alpha value is -2.23. The van der Waals surface area contributed by atoms with Crippen LogP contribution in [0.2, 0.25) is 0 Å². The summed E-state index contributed by atoms with van der Waals surface area (Å²) in [6.45, 7) is -6.85. The highest BCUT2D eigenvalue weighted by Gasteiger charge is 2.13. The van der Waals surface area contributed by atoms with E-state index >= 15 is 0 Å². The molecule has 0 bridgehead atoms. The van der Waals surface area contributed by atoms with Crippen LogP contribution >= 0.6 is 0 Å². The van der Waals surface area contributed by atoms with Gasteiger partial charge in [-0.05, 0) is 36.8 Å². The SMILES string of the molecule is [2H]C1([2H])N(C(=O)/C=C/C=C/c2ccc3c(c2)OCO3)C([2H])([2H])C([2H])([2H])C([2H])([2H])C1([2H])[2H]. The van der Waals surface area contributed by atoms with Crippen molar-refractivity contribution >= 4 is 12.0 Å². The van der Waals surface area contributed by atoms with E-state index in [-0.39, 0.29) is 11.7 Å². The third kappa shape index (κ3) is 3.45. The molecule has 1 aromatic rings. The Bertz CT molecular complexity index is 927. The van der Waals surface area contributed by atoms with E-state index in [9.17, 15) is 4.79 Å². The third-order valence-electron chi connectivity index (χ3n) is 2.72. The fourth-order valence-corrected chi connectivity index (χ4v) is 1.73. The summed E-state index contributed by atoms with van der Waals surface area (Å²) in [4.78, 5) is 12.4. The second-order valence-electron chi connectivity index (χ2n) is 4.10. The van der Waals surface area contributed by atoms with Crippen molar-refractivity contribution in [3.05, 3.63) is 42.0 Å². The number of amides is 1. The number of hydrogen-bond donors (Lipinski definition) is 0. The molecule has 0 spiro atoms. The maximum atomic E-state index is 12.6. The first-order chi connectivity index (χ1) is 14.1. The van der Waals surface area contributed by atoms with Gasteiger partial charge in [0.2, 0.25) is 12.7 Å². The summed E-state index contributed by atoms with van der Waals surface area (Å²) in [5.74, 6) is -0.231. The molecular formula is C17H19NO3. The van der Waals surface area contributed by atoms with Gasteiger partial charge in [-0.2, -0.15) is 0 Å². The van der Waals surface area contributed by atoms with Gasteiger partial charge in [0.05, 0.1) is 0 Å². The van der Waals surface area contributed by atoms with E-state index < -0.39 is 38.0 Å². The lowest BCUT2D eigenvalue weighted by Gasteiger charge is -2.25. The minimum Gasteiger partial charge on any atom is -0.454 e. The molecule has 4 heteroatoms. The van der Waals surface area contributed by atoms with Gasteiger partial charge in [-0.15, -0.1) is 0 Å². The lowest BCUT2D eigenvalue weighted by molar-refractivity contribution is -0.126. The third-order valence-corrected chi connectivity index (χ3v) is 2.72. The van der Waals surface area contributed by atoms with Crippen molar-refractivity contribution in [3.8, 4) is 11.5 Å². The maximum absolute atomic E-state index is 12.6. The Morgan fingerprint density at radius 2 is 1.95 bits per heavy atom. The molecule has 0 radical (unpaired) electrons. The number of carbonyl (C=O) groups is 1. The topological polar surface area (TPSA) is 38.8 Å². The van der Waals surface area contributed by atoms with Crippen LogP contribution in [-0.4, -0.2) is 30.6 Å². The number of benzene rings is 1. The van der Waals surface area contributed by atoms with Crippen LogP contribution in [0.4, 0.5) is 0 Å². The quantitative estimate of drug-likeness (QED) is 0.635. The van der Waals surface area contributed by atoms with Crippen LogP contribution in [0.5, 0.6) is 11.5 Å². The number of piperidine rings is 1. The molecule has 110 valence electrons. The highest BCUT2D eigenvalue weighted by Crippen LogP contribution is 2.32. The Kier molecular flexibility index (Phi) is 1.93. The first-order valence-electron chi connectivity index (χ1n) is 11.2. The first kappa shape index (κ1) is 6.26. The van der Waals surface area contributed by atoms with E-state index in [1.165, 1.54) is 6.08 Å².